The maximum Gasteiger partial charge on any atom is 0.261 e. The summed E-state index contributed by atoms with van der Waals surface area (Å²) in [5.41, 5.74) is 0.689. The Labute approximate surface area is 145 Å². The second kappa shape index (κ2) is 7.41. The van der Waals surface area contributed by atoms with Gasteiger partial charge in [0.25, 0.3) is 5.91 Å². The van der Waals surface area contributed by atoms with Crippen molar-refractivity contribution < 1.29 is 9.53 Å². The van der Waals surface area contributed by atoms with E-state index in [0.29, 0.717) is 16.3 Å². The van der Waals surface area contributed by atoms with Gasteiger partial charge in [0.2, 0.25) is 0 Å². The number of benzene rings is 1. The third-order valence-corrected chi connectivity index (χ3v) is 5.50. The predicted molar refractivity (Wildman–Crippen MR) is 95.1 cm³/mol. The highest BCUT2D eigenvalue weighted by Gasteiger charge is 2.28. The van der Waals surface area contributed by atoms with E-state index in [-0.39, 0.29) is 17.9 Å². The summed E-state index contributed by atoms with van der Waals surface area (Å²) in [7, 11) is 0. The summed E-state index contributed by atoms with van der Waals surface area (Å²) in [6.45, 7) is 2.98. The van der Waals surface area contributed by atoms with Crippen LogP contribution in [0.4, 0.5) is 0 Å². The zero-order chi connectivity index (χ0) is 16.2. The predicted octanol–water partition coefficient (Wildman–Crippen LogP) is 3.97. The first-order chi connectivity index (χ1) is 11.2. The first-order valence-electron chi connectivity index (χ1n) is 7.78. The van der Waals surface area contributed by atoms with Gasteiger partial charge in [0.05, 0.1) is 10.4 Å². The lowest BCUT2D eigenvalue weighted by Crippen LogP contribution is -2.38. The molecule has 1 saturated heterocycles. The van der Waals surface area contributed by atoms with E-state index in [0.717, 1.165) is 30.5 Å². The molecule has 0 aliphatic carbocycles. The van der Waals surface area contributed by atoms with Gasteiger partial charge in [-0.3, -0.25) is 9.78 Å². The number of hydrogen-bond acceptors (Lipinski definition) is 4. The number of ether oxygens (including phenoxy) is 1. The van der Waals surface area contributed by atoms with Crippen molar-refractivity contribution >= 4 is 40.2 Å². The fourth-order valence-corrected chi connectivity index (χ4v) is 4.34. The molecule has 0 N–H and O–H groups in total. The fraction of sp³-hybridized carbons (Fsp3) is 0.412. The number of fused-ring (bicyclic) bond motifs is 1. The second-order valence-electron chi connectivity index (χ2n) is 5.44. The van der Waals surface area contributed by atoms with Crippen molar-refractivity contribution in [2.45, 2.75) is 25.1 Å². The standard InChI is InChI=1S/C17H19ClN2O2S/c1-2-4-16-20(9-10-23-16)15(21)11-22-14-7-6-13(18)12-5-3-8-19-17(12)14/h3,5-8,16H,2,4,9-11H2,1H3. The van der Waals surface area contributed by atoms with E-state index >= 15 is 0 Å². The number of aromatic nitrogens is 1. The Bertz CT molecular complexity index is 710. The molecular formula is C17H19ClN2O2S. The van der Waals surface area contributed by atoms with E-state index in [1.165, 1.54) is 0 Å². The van der Waals surface area contributed by atoms with Crippen LogP contribution in [0.1, 0.15) is 19.8 Å². The van der Waals surface area contributed by atoms with E-state index in [1.54, 1.807) is 18.3 Å². The minimum atomic E-state index is 0.0347. The van der Waals surface area contributed by atoms with Crippen molar-refractivity contribution in [1.82, 2.24) is 9.88 Å². The zero-order valence-electron chi connectivity index (χ0n) is 13.0. The molecule has 1 atom stereocenters. The highest BCUT2D eigenvalue weighted by Crippen LogP contribution is 2.30. The lowest BCUT2D eigenvalue weighted by atomic mass is 10.2. The number of nitrogens with zero attached hydrogens (tertiary/aromatic N) is 2. The number of carbonyl (C=O) groups excluding carboxylic acids is 1. The maximum atomic E-state index is 12.4. The molecule has 1 fully saturated rings. The van der Waals surface area contributed by atoms with Gasteiger partial charge < -0.3 is 9.64 Å². The van der Waals surface area contributed by atoms with Crippen LogP contribution in [-0.4, -0.2) is 40.1 Å². The summed E-state index contributed by atoms with van der Waals surface area (Å²) in [5, 5.41) is 1.75. The Hall–Kier alpha value is -1.46. The molecule has 0 radical (unpaired) electrons. The van der Waals surface area contributed by atoms with Gasteiger partial charge >= 0.3 is 0 Å². The number of pyridine rings is 1. The van der Waals surface area contributed by atoms with Gasteiger partial charge in [-0.2, -0.15) is 0 Å². The second-order valence-corrected chi connectivity index (χ2v) is 7.13. The Morgan fingerprint density at radius 3 is 3.17 bits per heavy atom. The van der Waals surface area contributed by atoms with Crippen molar-refractivity contribution in [1.29, 1.82) is 0 Å². The molecule has 2 aromatic rings. The number of thioether (sulfide) groups is 1. The van der Waals surface area contributed by atoms with Crippen molar-refractivity contribution in [3.63, 3.8) is 0 Å². The van der Waals surface area contributed by atoms with E-state index < -0.39 is 0 Å². The molecule has 1 aromatic carbocycles. The first-order valence-corrected chi connectivity index (χ1v) is 9.20. The minimum Gasteiger partial charge on any atom is -0.481 e. The van der Waals surface area contributed by atoms with Gasteiger partial charge in [-0.1, -0.05) is 24.9 Å². The van der Waals surface area contributed by atoms with Crippen LogP contribution in [0, 0.1) is 0 Å². The quantitative estimate of drug-likeness (QED) is 0.818. The number of hydrogen-bond donors (Lipinski definition) is 0. The zero-order valence-corrected chi connectivity index (χ0v) is 14.6. The Morgan fingerprint density at radius 1 is 1.48 bits per heavy atom. The normalized spacial score (nSPS) is 17.7. The Kier molecular flexibility index (Phi) is 5.28. The minimum absolute atomic E-state index is 0.0347. The van der Waals surface area contributed by atoms with Crippen LogP contribution in [0.3, 0.4) is 0 Å². The molecule has 1 amide bonds. The third kappa shape index (κ3) is 3.56. The summed E-state index contributed by atoms with van der Waals surface area (Å²) in [5.74, 6) is 1.63. The van der Waals surface area contributed by atoms with Gasteiger partial charge in [-0.15, -0.1) is 11.8 Å². The first kappa shape index (κ1) is 16.4. The molecule has 3 rings (SSSR count). The van der Waals surface area contributed by atoms with E-state index in [9.17, 15) is 4.79 Å². The number of rotatable bonds is 5. The highest BCUT2D eigenvalue weighted by molar-refractivity contribution is 8.00. The van der Waals surface area contributed by atoms with Crippen LogP contribution in [0.5, 0.6) is 5.75 Å². The topological polar surface area (TPSA) is 42.4 Å². The molecule has 6 heteroatoms. The molecule has 1 aliphatic heterocycles. The molecule has 1 aliphatic rings. The van der Waals surface area contributed by atoms with Crippen molar-refractivity contribution in [2.75, 3.05) is 18.9 Å². The Morgan fingerprint density at radius 2 is 2.35 bits per heavy atom. The molecule has 0 bridgehead atoms. The van der Waals surface area contributed by atoms with Crippen LogP contribution in [0.25, 0.3) is 10.9 Å². The van der Waals surface area contributed by atoms with Gasteiger partial charge in [0.15, 0.2) is 6.61 Å². The lowest BCUT2D eigenvalue weighted by Gasteiger charge is -2.23. The summed E-state index contributed by atoms with van der Waals surface area (Å²) >= 11 is 8.03. The van der Waals surface area contributed by atoms with Gasteiger partial charge in [0.1, 0.15) is 11.3 Å². The average molecular weight is 351 g/mol. The molecule has 23 heavy (non-hydrogen) atoms. The fourth-order valence-electron chi connectivity index (χ4n) is 2.74. The van der Waals surface area contributed by atoms with Crippen molar-refractivity contribution in [2.24, 2.45) is 0 Å². The third-order valence-electron chi connectivity index (χ3n) is 3.88. The summed E-state index contributed by atoms with van der Waals surface area (Å²) < 4.78 is 5.75. The SMILES string of the molecule is CCCC1SCCN1C(=O)COc1ccc(Cl)c2cccnc12. The maximum absolute atomic E-state index is 12.4. The van der Waals surface area contributed by atoms with Gasteiger partial charge in [0, 0.05) is 23.9 Å². The molecule has 1 aromatic heterocycles. The molecule has 122 valence electrons. The summed E-state index contributed by atoms with van der Waals surface area (Å²) in [6, 6.07) is 7.28. The largest absolute Gasteiger partial charge is 0.481 e. The molecule has 0 spiro atoms. The monoisotopic (exact) mass is 350 g/mol. The van der Waals surface area contributed by atoms with Crippen LogP contribution in [-0.2, 0) is 4.79 Å². The van der Waals surface area contributed by atoms with Gasteiger partial charge in [-0.05, 0) is 30.7 Å². The lowest BCUT2D eigenvalue weighted by molar-refractivity contribution is -0.133. The highest BCUT2D eigenvalue weighted by atomic mass is 35.5. The Balaban J connectivity index is 1.71. The molecular weight excluding hydrogens is 332 g/mol. The number of carbonyl (C=O) groups is 1. The molecule has 2 heterocycles. The summed E-state index contributed by atoms with van der Waals surface area (Å²) in [4.78, 5) is 18.7. The summed E-state index contributed by atoms with van der Waals surface area (Å²) in [6.07, 6.45) is 3.80. The van der Waals surface area contributed by atoms with E-state index in [4.69, 9.17) is 16.3 Å². The smallest absolute Gasteiger partial charge is 0.261 e. The van der Waals surface area contributed by atoms with Crippen LogP contribution in [0.2, 0.25) is 5.02 Å². The van der Waals surface area contributed by atoms with E-state index in [1.807, 2.05) is 28.8 Å². The number of amides is 1. The van der Waals surface area contributed by atoms with Crippen molar-refractivity contribution in [3.8, 4) is 5.75 Å². The van der Waals surface area contributed by atoms with E-state index in [2.05, 4.69) is 11.9 Å². The molecule has 0 saturated carbocycles. The van der Waals surface area contributed by atoms with Crippen LogP contribution >= 0.6 is 23.4 Å². The van der Waals surface area contributed by atoms with Crippen molar-refractivity contribution in [3.05, 3.63) is 35.5 Å². The molecule has 1 unspecified atom stereocenters. The van der Waals surface area contributed by atoms with Crippen LogP contribution < -0.4 is 4.74 Å². The number of halogens is 1. The van der Waals surface area contributed by atoms with Gasteiger partial charge in [-0.25, -0.2) is 0 Å². The average Bonchev–Trinajstić information content (AvgIpc) is 3.03. The molecule has 4 nitrogen and oxygen atoms in total. The van der Waals surface area contributed by atoms with Crippen LogP contribution in [0.15, 0.2) is 30.5 Å².